The SMILES string of the molecule is CCCn1c(C(C)OC)nc2cc(CN)ccc21. The third-order valence-electron chi connectivity index (χ3n) is 3.24. The van der Waals surface area contributed by atoms with Crippen molar-refractivity contribution >= 4 is 11.0 Å². The zero-order valence-electron chi connectivity index (χ0n) is 11.3. The molecule has 1 aromatic carbocycles. The molecule has 0 saturated heterocycles. The van der Waals surface area contributed by atoms with Crippen LogP contribution in [0.25, 0.3) is 11.0 Å². The van der Waals surface area contributed by atoms with Gasteiger partial charge in [-0.05, 0) is 31.0 Å². The maximum absolute atomic E-state index is 5.67. The number of imidazole rings is 1. The molecule has 2 rings (SSSR count). The Bertz CT molecular complexity index is 533. The van der Waals surface area contributed by atoms with Crippen molar-refractivity contribution in [1.82, 2.24) is 9.55 Å². The van der Waals surface area contributed by atoms with Crippen molar-refractivity contribution in [2.45, 2.75) is 39.5 Å². The number of aromatic nitrogens is 2. The van der Waals surface area contributed by atoms with Crippen LogP contribution in [0.1, 0.15) is 37.8 Å². The second kappa shape index (κ2) is 5.50. The van der Waals surface area contributed by atoms with Crippen LogP contribution in [0.2, 0.25) is 0 Å². The van der Waals surface area contributed by atoms with Crippen LogP contribution in [0.4, 0.5) is 0 Å². The first-order valence-electron chi connectivity index (χ1n) is 6.43. The molecule has 2 N–H and O–H groups in total. The minimum absolute atomic E-state index is 0.00489. The molecule has 1 unspecified atom stereocenters. The average molecular weight is 247 g/mol. The molecule has 4 nitrogen and oxygen atoms in total. The van der Waals surface area contributed by atoms with Gasteiger partial charge in [0.1, 0.15) is 11.9 Å². The van der Waals surface area contributed by atoms with Crippen LogP contribution in [0.3, 0.4) is 0 Å². The minimum Gasteiger partial charge on any atom is -0.374 e. The first kappa shape index (κ1) is 13.1. The molecule has 0 fully saturated rings. The van der Waals surface area contributed by atoms with Crippen LogP contribution in [0.5, 0.6) is 0 Å². The zero-order chi connectivity index (χ0) is 13.1. The maximum Gasteiger partial charge on any atom is 0.138 e. The fraction of sp³-hybridized carbons (Fsp3) is 0.500. The highest BCUT2D eigenvalue weighted by molar-refractivity contribution is 5.77. The smallest absolute Gasteiger partial charge is 0.138 e. The second-order valence-corrected chi connectivity index (χ2v) is 4.53. The van der Waals surface area contributed by atoms with E-state index in [1.54, 1.807) is 7.11 Å². The summed E-state index contributed by atoms with van der Waals surface area (Å²) in [5.41, 5.74) is 8.95. The Labute approximate surface area is 108 Å². The van der Waals surface area contributed by atoms with Gasteiger partial charge in [0.05, 0.1) is 11.0 Å². The molecule has 98 valence electrons. The molecule has 0 radical (unpaired) electrons. The third-order valence-corrected chi connectivity index (χ3v) is 3.24. The Morgan fingerprint density at radius 1 is 1.44 bits per heavy atom. The minimum atomic E-state index is 0.00489. The van der Waals surface area contributed by atoms with E-state index in [4.69, 9.17) is 15.5 Å². The number of ether oxygens (including phenoxy) is 1. The third kappa shape index (κ3) is 2.26. The quantitative estimate of drug-likeness (QED) is 0.883. The maximum atomic E-state index is 5.67. The number of hydrogen-bond acceptors (Lipinski definition) is 3. The fourth-order valence-electron chi connectivity index (χ4n) is 2.20. The lowest BCUT2D eigenvalue weighted by atomic mass is 10.2. The summed E-state index contributed by atoms with van der Waals surface area (Å²) in [6.07, 6.45) is 1.08. The molecule has 0 amide bonds. The summed E-state index contributed by atoms with van der Waals surface area (Å²) >= 11 is 0. The molecule has 0 aliphatic rings. The van der Waals surface area contributed by atoms with Crippen LogP contribution in [0.15, 0.2) is 18.2 Å². The molecule has 4 heteroatoms. The van der Waals surface area contributed by atoms with Crippen molar-refractivity contribution in [3.05, 3.63) is 29.6 Å². The van der Waals surface area contributed by atoms with E-state index in [1.165, 1.54) is 0 Å². The van der Waals surface area contributed by atoms with E-state index in [2.05, 4.69) is 29.7 Å². The summed E-state index contributed by atoms with van der Waals surface area (Å²) < 4.78 is 7.64. The van der Waals surface area contributed by atoms with E-state index in [9.17, 15) is 0 Å². The van der Waals surface area contributed by atoms with Crippen LogP contribution in [-0.4, -0.2) is 16.7 Å². The predicted molar refractivity (Wildman–Crippen MR) is 73.3 cm³/mol. The van der Waals surface area contributed by atoms with Crippen LogP contribution in [-0.2, 0) is 17.8 Å². The molecule has 2 aromatic rings. The second-order valence-electron chi connectivity index (χ2n) is 4.53. The van der Waals surface area contributed by atoms with E-state index >= 15 is 0 Å². The number of nitrogens with two attached hydrogens (primary N) is 1. The molecule has 1 atom stereocenters. The van der Waals surface area contributed by atoms with Gasteiger partial charge in [0.2, 0.25) is 0 Å². The van der Waals surface area contributed by atoms with E-state index < -0.39 is 0 Å². The van der Waals surface area contributed by atoms with Gasteiger partial charge in [-0.25, -0.2) is 4.98 Å². The molecule has 1 aromatic heterocycles. The standard InChI is InChI=1S/C14H21N3O/c1-4-7-17-13-6-5-11(9-15)8-12(13)16-14(17)10(2)18-3/h5-6,8,10H,4,7,9,15H2,1-3H3. The lowest BCUT2D eigenvalue weighted by Crippen LogP contribution is -2.08. The van der Waals surface area contributed by atoms with Crippen molar-refractivity contribution in [2.75, 3.05) is 7.11 Å². The molecule has 0 bridgehead atoms. The normalized spacial score (nSPS) is 13.1. The first-order chi connectivity index (χ1) is 8.71. The summed E-state index contributed by atoms with van der Waals surface area (Å²) in [6.45, 7) is 5.70. The number of hydrogen-bond donors (Lipinski definition) is 1. The topological polar surface area (TPSA) is 53.1 Å². The van der Waals surface area contributed by atoms with Crippen molar-refractivity contribution in [2.24, 2.45) is 5.73 Å². The highest BCUT2D eigenvalue weighted by atomic mass is 16.5. The average Bonchev–Trinajstić information content (AvgIpc) is 2.76. The van der Waals surface area contributed by atoms with Crippen LogP contribution in [0, 0.1) is 0 Å². The van der Waals surface area contributed by atoms with E-state index in [0.717, 1.165) is 35.4 Å². The molecule has 0 saturated carbocycles. The van der Waals surface area contributed by atoms with Gasteiger partial charge in [-0.2, -0.15) is 0 Å². The fourth-order valence-corrected chi connectivity index (χ4v) is 2.20. The van der Waals surface area contributed by atoms with Gasteiger partial charge >= 0.3 is 0 Å². The van der Waals surface area contributed by atoms with Crippen molar-refractivity contribution in [3.8, 4) is 0 Å². The number of fused-ring (bicyclic) bond motifs is 1. The van der Waals surface area contributed by atoms with Gasteiger partial charge < -0.3 is 15.0 Å². The van der Waals surface area contributed by atoms with E-state index in [1.807, 2.05) is 6.92 Å². The summed E-state index contributed by atoms with van der Waals surface area (Å²) in [6, 6.07) is 6.23. The van der Waals surface area contributed by atoms with Crippen molar-refractivity contribution in [1.29, 1.82) is 0 Å². The van der Waals surface area contributed by atoms with Crippen molar-refractivity contribution in [3.63, 3.8) is 0 Å². The van der Waals surface area contributed by atoms with Gasteiger partial charge in [0.25, 0.3) is 0 Å². The van der Waals surface area contributed by atoms with Gasteiger partial charge in [-0.1, -0.05) is 13.0 Å². The van der Waals surface area contributed by atoms with E-state index in [0.29, 0.717) is 6.54 Å². The van der Waals surface area contributed by atoms with Crippen molar-refractivity contribution < 1.29 is 4.74 Å². The Hall–Kier alpha value is -1.39. The number of benzene rings is 1. The summed E-state index contributed by atoms with van der Waals surface area (Å²) in [5, 5.41) is 0. The Morgan fingerprint density at radius 3 is 2.83 bits per heavy atom. The summed E-state index contributed by atoms with van der Waals surface area (Å²) in [5.74, 6) is 0.989. The van der Waals surface area contributed by atoms with Crippen LogP contribution >= 0.6 is 0 Å². The number of aryl methyl sites for hydroxylation is 1. The van der Waals surface area contributed by atoms with Gasteiger partial charge in [0.15, 0.2) is 0 Å². The Kier molecular flexibility index (Phi) is 3.99. The number of methoxy groups -OCH3 is 1. The molecular weight excluding hydrogens is 226 g/mol. The molecule has 1 heterocycles. The lowest BCUT2D eigenvalue weighted by Gasteiger charge is -2.12. The van der Waals surface area contributed by atoms with Gasteiger partial charge in [0, 0.05) is 20.2 Å². The van der Waals surface area contributed by atoms with E-state index in [-0.39, 0.29) is 6.10 Å². The monoisotopic (exact) mass is 247 g/mol. The number of rotatable bonds is 5. The molecule has 0 aliphatic heterocycles. The molecule has 0 spiro atoms. The predicted octanol–water partition coefficient (Wildman–Crippen LogP) is 2.61. The molecule has 0 aliphatic carbocycles. The first-order valence-corrected chi connectivity index (χ1v) is 6.43. The zero-order valence-corrected chi connectivity index (χ0v) is 11.3. The van der Waals surface area contributed by atoms with Gasteiger partial charge in [-0.15, -0.1) is 0 Å². The largest absolute Gasteiger partial charge is 0.374 e. The summed E-state index contributed by atoms with van der Waals surface area (Å²) in [7, 11) is 1.71. The summed E-state index contributed by atoms with van der Waals surface area (Å²) in [4.78, 5) is 4.69. The number of nitrogens with zero attached hydrogens (tertiary/aromatic N) is 2. The van der Waals surface area contributed by atoms with Gasteiger partial charge in [-0.3, -0.25) is 0 Å². The van der Waals surface area contributed by atoms with Crippen LogP contribution < -0.4 is 5.73 Å². The molecule has 18 heavy (non-hydrogen) atoms. The Morgan fingerprint density at radius 2 is 2.22 bits per heavy atom. The lowest BCUT2D eigenvalue weighted by molar-refractivity contribution is 0.109. The highest BCUT2D eigenvalue weighted by Gasteiger charge is 2.15. The Balaban J connectivity index is 2.58. The highest BCUT2D eigenvalue weighted by Crippen LogP contribution is 2.23. The molecular formula is C14H21N3O.